The van der Waals surface area contributed by atoms with Crippen molar-refractivity contribution in [1.29, 1.82) is 0 Å². The Hall–Kier alpha value is -4.18. The van der Waals surface area contributed by atoms with E-state index < -0.39 is 0 Å². The van der Waals surface area contributed by atoms with Crippen LogP contribution in [0.2, 0.25) is 0 Å². The normalized spacial score (nSPS) is 12.8. The van der Waals surface area contributed by atoms with Crippen LogP contribution in [-0.4, -0.2) is 16.7 Å². The van der Waals surface area contributed by atoms with Gasteiger partial charge in [-0.1, -0.05) is 75.4 Å². The molecule has 1 aliphatic rings. The Bertz CT molecular complexity index is 1410. The summed E-state index contributed by atoms with van der Waals surface area (Å²) < 4.78 is 0. The molecule has 4 heteroatoms. The highest BCUT2D eigenvalue weighted by Crippen LogP contribution is 2.44. The Labute approximate surface area is 199 Å². The van der Waals surface area contributed by atoms with Crippen molar-refractivity contribution in [2.75, 3.05) is 4.90 Å². The minimum Gasteiger partial charge on any atom is -0.505 e. The molecule has 0 aliphatic heterocycles. The van der Waals surface area contributed by atoms with Crippen LogP contribution in [0.3, 0.4) is 0 Å². The van der Waals surface area contributed by atoms with Crippen LogP contribution in [0, 0.1) is 0 Å². The molecule has 4 nitrogen and oxygen atoms in total. The molecule has 4 aromatic carbocycles. The second kappa shape index (κ2) is 7.99. The van der Waals surface area contributed by atoms with Crippen molar-refractivity contribution in [3.63, 3.8) is 0 Å². The van der Waals surface area contributed by atoms with E-state index in [2.05, 4.69) is 32.9 Å². The molecule has 0 fully saturated rings. The number of fused-ring (bicyclic) bond motifs is 2. The van der Waals surface area contributed by atoms with E-state index in [1.165, 1.54) is 5.56 Å². The fourth-order valence-corrected chi connectivity index (χ4v) is 4.45. The van der Waals surface area contributed by atoms with Gasteiger partial charge >= 0.3 is 0 Å². The molecule has 0 bridgehead atoms. The minimum atomic E-state index is -0.347. The molecule has 0 amide bonds. The molecule has 168 valence electrons. The van der Waals surface area contributed by atoms with Crippen molar-refractivity contribution in [3.8, 4) is 5.75 Å². The zero-order valence-electron chi connectivity index (χ0n) is 19.4. The lowest BCUT2D eigenvalue weighted by molar-refractivity contribution is 0.0977. The third-order valence-corrected chi connectivity index (χ3v) is 6.29. The molecule has 0 radical (unpaired) electrons. The summed E-state index contributed by atoms with van der Waals surface area (Å²) in [7, 11) is 0. The van der Waals surface area contributed by atoms with E-state index in [0.717, 1.165) is 11.4 Å². The van der Waals surface area contributed by atoms with Crippen LogP contribution in [0.15, 0.2) is 91.0 Å². The van der Waals surface area contributed by atoms with Gasteiger partial charge in [0.05, 0.1) is 11.3 Å². The van der Waals surface area contributed by atoms with E-state index in [9.17, 15) is 14.7 Å². The second-order valence-electron chi connectivity index (χ2n) is 9.53. The van der Waals surface area contributed by atoms with Crippen LogP contribution in [0.5, 0.6) is 5.75 Å². The van der Waals surface area contributed by atoms with Crippen LogP contribution >= 0.6 is 0 Å². The number of rotatable bonds is 3. The van der Waals surface area contributed by atoms with Gasteiger partial charge in [0.1, 0.15) is 0 Å². The van der Waals surface area contributed by atoms with Gasteiger partial charge in [-0.25, -0.2) is 0 Å². The molecule has 0 atom stereocenters. The molecule has 0 saturated heterocycles. The number of carbonyl (C=O) groups is 2. The van der Waals surface area contributed by atoms with Gasteiger partial charge in [0.15, 0.2) is 17.3 Å². The van der Waals surface area contributed by atoms with E-state index in [1.807, 2.05) is 47.4 Å². The summed E-state index contributed by atoms with van der Waals surface area (Å²) in [5, 5.41) is 11.4. The number of hydrogen-bond donors (Lipinski definition) is 1. The van der Waals surface area contributed by atoms with Gasteiger partial charge in [0.2, 0.25) is 0 Å². The third-order valence-electron chi connectivity index (χ3n) is 6.29. The number of benzene rings is 4. The Morgan fingerprint density at radius 1 is 0.618 bits per heavy atom. The highest BCUT2D eigenvalue weighted by atomic mass is 16.3. The van der Waals surface area contributed by atoms with E-state index >= 15 is 0 Å². The standard InChI is InChI=1S/C30H25NO3/c1-30(2,3)19-13-15-21(16-14-19)31(20-9-5-4-6-10-20)25-18-17-24-26(29(25)34)28(33)23-12-8-7-11-22(23)27(24)32/h4-18,34H,1-3H3. The molecule has 4 aromatic rings. The van der Waals surface area contributed by atoms with Crippen LogP contribution in [0.25, 0.3) is 0 Å². The van der Waals surface area contributed by atoms with Crippen molar-refractivity contribution in [3.05, 3.63) is 119 Å². The molecule has 0 spiro atoms. The average molecular weight is 448 g/mol. The number of nitrogens with zero attached hydrogens (tertiary/aromatic N) is 1. The first-order valence-corrected chi connectivity index (χ1v) is 11.3. The highest BCUT2D eigenvalue weighted by molar-refractivity contribution is 6.29. The molecule has 0 unspecified atom stereocenters. The summed E-state index contributed by atoms with van der Waals surface area (Å²) in [6.45, 7) is 6.48. The Balaban J connectivity index is 1.69. The smallest absolute Gasteiger partial charge is 0.198 e. The van der Waals surface area contributed by atoms with Crippen molar-refractivity contribution in [2.45, 2.75) is 26.2 Å². The summed E-state index contributed by atoms with van der Waals surface area (Å²) in [6, 6.07) is 27.9. The SMILES string of the molecule is CC(C)(C)c1ccc(N(c2ccccc2)c2ccc3c(c2O)C(=O)c2ccccc2C3=O)cc1. The number of phenols is 1. The maximum absolute atomic E-state index is 13.3. The number of hydrogen-bond acceptors (Lipinski definition) is 4. The monoisotopic (exact) mass is 447 g/mol. The van der Waals surface area contributed by atoms with Gasteiger partial charge in [-0.3, -0.25) is 9.59 Å². The number of anilines is 3. The predicted octanol–water partition coefficient (Wildman–Crippen LogP) is 6.93. The van der Waals surface area contributed by atoms with Gasteiger partial charge in [-0.15, -0.1) is 0 Å². The van der Waals surface area contributed by atoms with Gasteiger partial charge in [0, 0.05) is 28.1 Å². The molecule has 0 heterocycles. The molecule has 1 N–H and O–H groups in total. The number of ketones is 2. The molecule has 34 heavy (non-hydrogen) atoms. The van der Waals surface area contributed by atoms with Crippen LogP contribution in [0.4, 0.5) is 17.1 Å². The van der Waals surface area contributed by atoms with E-state index in [4.69, 9.17) is 0 Å². The van der Waals surface area contributed by atoms with Crippen LogP contribution in [0.1, 0.15) is 58.2 Å². The average Bonchev–Trinajstić information content (AvgIpc) is 2.84. The largest absolute Gasteiger partial charge is 0.505 e. The quantitative estimate of drug-likeness (QED) is 0.326. The molecular weight excluding hydrogens is 422 g/mol. The first-order chi connectivity index (χ1) is 16.3. The number of phenolic OH excluding ortho intramolecular Hbond substituents is 1. The number of carbonyl (C=O) groups excluding carboxylic acids is 2. The second-order valence-corrected chi connectivity index (χ2v) is 9.53. The van der Waals surface area contributed by atoms with Crippen molar-refractivity contribution >= 4 is 28.6 Å². The minimum absolute atomic E-state index is 0.00420. The first-order valence-electron chi connectivity index (χ1n) is 11.3. The summed E-state index contributed by atoms with van der Waals surface area (Å²) in [5.41, 5.74) is 4.25. The van der Waals surface area contributed by atoms with Crippen LogP contribution < -0.4 is 4.90 Å². The fourth-order valence-electron chi connectivity index (χ4n) is 4.45. The van der Waals surface area contributed by atoms with Crippen molar-refractivity contribution in [2.24, 2.45) is 0 Å². The van der Waals surface area contributed by atoms with Crippen molar-refractivity contribution in [1.82, 2.24) is 0 Å². The number of para-hydroxylation sites is 1. The Morgan fingerprint density at radius 2 is 1.18 bits per heavy atom. The maximum Gasteiger partial charge on any atom is 0.198 e. The van der Waals surface area contributed by atoms with Gasteiger partial charge in [-0.05, 0) is 47.4 Å². The van der Waals surface area contributed by atoms with Gasteiger partial charge in [-0.2, -0.15) is 0 Å². The summed E-state index contributed by atoms with van der Waals surface area (Å²) >= 11 is 0. The molecular formula is C30H25NO3. The molecule has 5 rings (SSSR count). The van der Waals surface area contributed by atoms with E-state index in [-0.39, 0.29) is 33.9 Å². The maximum atomic E-state index is 13.3. The van der Waals surface area contributed by atoms with Crippen molar-refractivity contribution < 1.29 is 14.7 Å². The molecule has 1 aliphatic carbocycles. The summed E-state index contributed by atoms with van der Waals surface area (Å²) in [6.07, 6.45) is 0. The topological polar surface area (TPSA) is 57.6 Å². The lowest BCUT2D eigenvalue weighted by Crippen LogP contribution is -2.22. The third kappa shape index (κ3) is 3.48. The lowest BCUT2D eigenvalue weighted by atomic mass is 9.83. The van der Waals surface area contributed by atoms with E-state index in [0.29, 0.717) is 16.8 Å². The van der Waals surface area contributed by atoms with Gasteiger partial charge < -0.3 is 10.0 Å². The zero-order chi connectivity index (χ0) is 24.0. The predicted molar refractivity (Wildman–Crippen MR) is 135 cm³/mol. The zero-order valence-corrected chi connectivity index (χ0v) is 19.4. The fraction of sp³-hybridized carbons (Fsp3) is 0.133. The highest BCUT2D eigenvalue weighted by Gasteiger charge is 2.34. The summed E-state index contributed by atoms with van der Waals surface area (Å²) in [5.74, 6) is -0.803. The van der Waals surface area contributed by atoms with E-state index in [1.54, 1.807) is 36.4 Å². The molecule has 0 saturated carbocycles. The number of aromatic hydroxyl groups is 1. The summed E-state index contributed by atoms with van der Waals surface area (Å²) in [4.78, 5) is 28.3. The lowest BCUT2D eigenvalue weighted by Gasteiger charge is -2.29. The molecule has 0 aromatic heterocycles. The Kier molecular flexibility index (Phi) is 5.09. The van der Waals surface area contributed by atoms with Gasteiger partial charge in [0.25, 0.3) is 0 Å². The van der Waals surface area contributed by atoms with Crippen LogP contribution in [-0.2, 0) is 5.41 Å². The first kappa shape index (κ1) is 21.7. The Morgan fingerprint density at radius 3 is 1.79 bits per heavy atom.